The lowest BCUT2D eigenvalue weighted by molar-refractivity contribution is -0.113. The first-order valence-corrected chi connectivity index (χ1v) is 10.9. The molecular formula is C19H15ClN4O2S2. The van der Waals surface area contributed by atoms with E-state index in [4.69, 9.17) is 16.0 Å². The van der Waals surface area contributed by atoms with Crippen LogP contribution in [0.4, 0.5) is 5.00 Å². The normalized spacial score (nSPS) is 13.0. The summed E-state index contributed by atoms with van der Waals surface area (Å²) < 4.78 is 5.59. The molecule has 0 spiro atoms. The number of anilines is 1. The summed E-state index contributed by atoms with van der Waals surface area (Å²) in [5.41, 5.74) is 2.48. The third-order valence-electron chi connectivity index (χ3n) is 4.36. The van der Waals surface area contributed by atoms with Gasteiger partial charge in [-0.15, -0.1) is 21.5 Å². The minimum Gasteiger partial charge on any atom is -0.411 e. The van der Waals surface area contributed by atoms with Gasteiger partial charge in [-0.05, 0) is 55.5 Å². The Hall–Kier alpha value is -2.34. The number of carbonyl (C=O) groups excluding carboxylic acids is 1. The van der Waals surface area contributed by atoms with Crippen molar-refractivity contribution in [2.75, 3.05) is 11.1 Å². The third kappa shape index (κ3) is 4.07. The summed E-state index contributed by atoms with van der Waals surface area (Å²) >= 11 is 8.55. The van der Waals surface area contributed by atoms with E-state index in [0.717, 1.165) is 48.6 Å². The number of nitrogens with one attached hydrogen (secondary N) is 1. The maximum atomic E-state index is 12.3. The number of carbonyl (C=O) groups is 1. The zero-order chi connectivity index (χ0) is 19.5. The van der Waals surface area contributed by atoms with Gasteiger partial charge in [-0.25, -0.2) is 0 Å². The van der Waals surface area contributed by atoms with Crippen LogP contribution in [0, 0.1) is 11.3 Å². The van der Waals surface area contributed by atoms with Crippen molar-refractivity contribution in [2.24, 2.45) is 0 Å². The molecule has 1 amide bonds. The molecule has 1 N–H and O–H groups in total. The summed E-state index contributed by atoms with van der Waals surface area (Å²) in [5.74, 6) is 0.291. The van der Waals surface area contributed by atoms with Crippen molar-refractivity contribution < 1.29 is 9.21 Å². The molecule has 0 atom stereocenters. The van der Waals surface area contributed by atoms with Crippen molar-refractivity contribution >= 4 is 45.6 Å². The van der Waals surface area contributed by atoms with Crippen LogP contribution in [-0.2, 0) is 17.6 Å². The van der Waals surface area contributed by atoms with Crippen LogP contribution in [0.2, 0.25) is 5.02 Å². The number of hydrogen-bond donors (Lipinski definition) is 1. The Labute approximate surface area is 174 Å². The quantitative estimate of drug-likeness (QED) is 0.577. The lowest BCUT2D eigenvalue weighted by Crippen LogP contribution is -2.14. The standard InChI is InChI=1S/C19H15ClN4O2S2/c20-12-7-5-11(6-8-12)17-23-24-19(26-17)27-10-16(25)22-18-14(9-21)13-3-1-2-4-15(13)28-18/h5-8H,1-4,10H2,(H,22,25). The maximum Gasteiger partial charge on any atom is 0.277 e. The number of aryl methyl sites for hydroxylation is 1. The van der Waals surface area contributed by atoms with Gasteiger partial charge in [0.05, 0.1) is 11.3 Å². The monoisotopic (exact) mass is 430 g/mol. The number of amides is 1. The number of fused-ring (bicyclic) bond motifs is 1. The molecule has 9 heteroatoms. The van der Waals surface area contributed by atoms with E-state index in [2.05, 4.69) is 21.6 Å². The number of nitrogens with zero attached hydrogens (tertiary/aromatic N) is 3. The van der Waals surface area contributed by atoms with Crippen LogP contribution in [0.25, 0.3) is 11.5 Å². The molecule has 2 aromatic heterocycles. The highest BCUT2D eigenvalue weighted by atomic mass is 35.5. The third-order valence-corrected chi connectivity index (χ3v) is 6.64. The van der Waals surface area contributed by atoms with Crippen molar-refractivity contribution in [3.63, 3.8) is 0 Å². The highest BCUT2D eigenvalue weighted by Gasteiger charge is 2.22. The molecule has 4 rings (SSSR count). The van der Waals surface area contributed by atoms with Gasteiger partial charge in [0.25, 0.3) is 5.22 Å². The van der Waals surface area contributed by atoms with Crippen LogP contribution in [0.3, 0.4) is 0 Å². The van der Waals surface area contributed by atoms with Gasteiger partial charge >= 0.3 is 0 Å². The second kappa shape index (κ2) is 8.35. The number of nitriles is 1. The minimum absolute atomic E-state index is 0.121. The Morgan fingerprint density at radius 1 is 1.29 bits per heavy atom. The first-order chi connectivity index (χ1) is 13.6. The molecule has 0 bridgehead atoms. The second-order valence-electron chi connectivity index (χ2n) is 6.24. The molecule has 0 saturated carbocycles. The van der Waals surface area contributed by atoms with Crippen LogP contribution >= 0.6 is 34.7 Å². The van der Waals surface area contributed by atoms with E-state index in [-0.39, 0.29) is 11.7 Å². The van der Waals surface area contributed by atoms with Gasteiger partial charge in [0.15, 0.2) is 0 Å². The zero-order valence-corrected chi connectivity index (χ0v) is 17.1. The second-order valence-corrected chi connectivity index (χ2v) is 8.71. The lowest BCUT2D eigenvalue weighted by Gasteiger charge is -2.09. The SMILES string of the molecule is N#Cc1c(NC(=O)CSc2nnc(-c3ccc(Cl)cc3)o2)sc2c1CCCC2. The molecule has 6 nitrogen and oxygen atoms in total. The molecule has 0 unspecified atom stereocenters. The fourth-order valence-electron chi connectivity index (χ4n) is 3.04. The first-order valence-electron chi connectivity index (χ1n) is 8.71. The van der Waals surface area contributed by atoms with Gasteiger partial charge in [0, 0.05) is 15.5 Å². The molecule has 1 aromatic carbocycles. The summed E-state index contributed by atoms with van der Waals surface area (Å²) in [6, 6.07) is 9.32. The number of hydrogen-bond acceptors (Lipinski definition) is 7. The van der Waals surface area contributed by atoms with Crippen molar-refractivity contribution in [3.8, 4) is 17.5 Å². The average Bonchev–Trinajstić information content (AvgIpc) is 3.31. The van der Waals surface area contributed by atoms with Crippen LogP contribution in [0.5, 0.6) is 0 Å². The maximum absolute atomic E-state index is 12.3. The van der Waals surface area contributed by atoms with Crippen LogP contribution < -0.4 is 5.32 Å². The summed E-state index contributed by atoms with van der Waals surface area (Å²) in [6.07, 6.45) is 4.12. The Morgan fingerprint density at radius 2 is 2.07 bits per heavy atom. The van der Waals surface area contributed by atoms with Crippen LogP contribution in [-0.4, -0.2) is 21.9 Å². The Bertz CT molecular complexity index is 1050. The molecular weight excluding hydrogens is 416 g/mol. The number of rotatable bonds is 5. The van der Waals surface area contributed by atoms with E-state index >= 15 is 0 Å². The number of thiophene rings is 1. The summed E-state index contributed by atoms with van der Waals surface area (Å²) in [5, 5.41) is 21.9. The fourth-order valence-corrected chi connectivity index (χ4v) is 4.98. The molecule has 0 saturated heterocycles. The Kier molecular flexibility index (Phi) is 5.67. The van der Waals surface area contributed by atoms with E-state index in [1.807, 2.05) is 0 Å². The van der Waals surface area contributed by atoms with Crippen molar-refractivity contribution in [3.05, 3.63) is 45.3 Å². The average molecular weight is 431 g/mol. The summed E-state index contributed by atoms with van der Waals surface area (Å²) in [6.45, 7) is 0. The first kappa shape index (κ1) is 19.0. The number of thioether (sulfide) groups is 1. The molecule has 0 fully saturated rings. The van der Waals surface area contributed by atoms with E-state index in [9.17, 15) is 10.1 Å². The molecule has 28 heavy (non-hydrogen) atoms. The highest BCUT2D eigenvalue weighted by molar-refractivity contribution is 7.99. The fraction of sp³-hybridized carbons (Fsp3) is 0.263. The number of benzene rings is 1. The minimum atomic E-state index is -0.202. The van der Waals surface area contributed by atoms with E-state index in [0.29, 0.717) is 26.7 Å². The summed E-state index contributed by atoms with van der Waals surface area (Å²) in [4.78, 5) is 13.6. The molecule has 1 aliphatic carbocycles. The largest absolute Gasteiger partial charge is 0.411 e. The van der Waals surface area contributed by atoms with Crippen LogP contribution in [0.15, 0.2) is 33.9 Å². The van der Waals surface area contributed by atoms with Crippen molar-refractivity contribution in [2.45, 2.75) is 30.9 Å². The van der Waals surface area contributed by atoms with Gasteiger partial charge < -0.3 is 9.73 Å². The van der Waals surface area contributed by atoms with Gasteiger partial charge in [0.2, 0.25) is 11.8 Å². The predicted octanol–water partition coefficient (Wildman–Crippen LogP) is 4.93. The molecule has 0 aliphatic heterocycles. The van der Waals surface area contributed by atoms with Gasteiger partial charge in [0.1, 0.15) is 11.1 Å². The van der Waals surface area contributed by atoms with E-state index in [1.165, 1.54) is 16.2 Å². The number of halogens is 1. The molecule has 3 aromatic rings. The zero-order valence-electron chi connectivity index (χ0n) is 14.7. The molecule has 2 heterocycles. The molecule has 1 aliphatic rings. The van der Waals surface area contributed by atoms with E-state index < -0.39 is 0 Å². The van der Waals surface area contributed by atoms with Crippen molar-refractivity contribution in [1.29, 1.82) is 5.26 Å². The Balaban J connectivity index is 1.38. The smallest absolute Gasteiger partial charge is 0.277 e. The van der Waals surface area contributed by atoms with E-state index in [1.54, 1.807) is 24.3 Å². The lowest BCUT2D eigenvalue weighted by atomic mass is 9.96. The Morgan fingerprint density at radius 3 is 2.86 bits per heavy atom. The molecule has 142 valence electrons. The highest BCUT2D eigenvalue weighted by Crippen LogP contribution is 2.37. The summed E-state index contributed by atoms with van der Waals surface area (Å²) in [7, 11) is 0. The van der Waals surface area contributed by atoms with Gasteiger partial charge in [-0.2, -0.15) is 5.26 Å². The molecule has 0 radical (unpaired) electrons. The van der Waals surface area contributed by atoms with Crippen LogP contribution in [0.1, 0.15) is 28.8 Å². The predicted molar refractivity (Wildman–Crippen MR) is 110 cm³/mol. The topological polar surface area (TPSA) is 91.8 Å². The number of aromatic nitrogens is 2. The van der Waals surface area contributed by atoms with Crippen molar-refractivity contribution in [1.82, 2.24) is 10.2 Å². The van der Waals surface area contributed by atoms with Gasteiger partial charge in [-0.1, -0.05) is 23.4 Å². The van der Waals surface area contributed by atoms with Gasteiger partial charge in [-0.3, -0.25) is 4.79 Å².